The number of aliphatic carboxylic acids is 1. The number of rotatable bonds is 3. The number of hydrogen-bond donors (Lipinski definition) is 1. The molecule has 0 aromatic carbocycles. The van der Waals surface area contributed by atoms with Crippen LogP contribution in [-0.4, -0.2) is 37.4 Å². The lowest BCUT2D eigenvalue weighted by molar-refractivity contribution is -0.146. The standard InChI is InChI=1S/C9H13N5O3/c1-13-5-10-11-8(13)7-6(9(15)16)3-2-4-14(7)12-17/h5-7H,2-4H2,1H3,(H,15,16). The summed E-state index contributed by atoms with van der Waals surface area (Å²) in [6.07, 6.45) is 2.63. The van der Waals surface area contributed by atoms with E-state index in [0.29, 0.717) is 25.2 Å². The first-order valence-electron chi connectivity index (χ1n) is 5.31. The van der Waals surface area contributed by atoms with E-state index in [1.165, 1.54) is 11.3 Å². The number of piperidine rings is 1. The molecule has 1 fully saturated rings. The normalized spacial score (nSPS) is 24.6. The maximum absolute atomic E-state index is 11.2. The molecule has 1 aliphatic heterocycles. The van der Waals surface area contributed by atoms with E-state index in [9.17, 15) is 14.8 Å². The fourth-order valence-electron chi connectivity index (χ4n) is 2.20. The molecular formula is C9H13N5O3. The van der Waals surface area contributed by atoms with Crippen LogP contribution in [0.1, 0.15) is 24.7 Å². The summed E-state index contributed by atoms with van der Waals surface area (Å²) in [4.78, 5) is 22.0. The Labute approximate surface area is 97.2 Å². The second-order valence-electron chi connectivity index (χ2n) is 4.08. The van der Waals surface area contributed by atoms with E-state index in [0.717, 1.165) is 0 Å². The van der Waals surface area contributed by atoms with E-state index in [1.54, 1.807) is 11.6 Å². The number of carboxylic acid groups (broad SMARTS) is 1. The van der Waals surface area contributed by atoms with Crippen molar-refractivity contribution in [2.75, 3.05) is 6.54 Å². The summed E-state index contributed by atoms with van der Waals surface area (Å²) >= 11 is 0. The van der Waals surface area contributed by atoms with Gasteiger partial charge in [0.15, 0.2) is 5.82 Å². The van der Waals surface area contributed by atoms with E-state index < -0.39 is 17.9 Å². The van der Waals surface area contributed by atoms with Gasteiger partial charge in [0.05, 0.1) is 11.2 Å². The molecule has 8 heteroatoms. The lowest BCUT2D eigenvalue weighted by atomic mass is 9.89. The first kappa shape index (κ1) is 11.5. The van der Waals surface area contributed by atoms with Crippen LogP contribution >= 0.6 is 0 Å². The van der Waals surface area contributed by atoms with Crippen molar-refractivity contribution in [2.45, 2.75) is 18.9 Å². The molecule has 17 heavy (non-hydrogen) atoms. The molecule has 0 radical (unpaired) electrons. The minimum atomic E-state index is -0.939. The zero-order valence-corrected chi connectivity index (χ0v) is 9.35. The molecule has 0 saturated carbocycles. The summed E-state index contributed by atoms with van der Waals surface area (Å²) in [5.74, 6) is -1.16. The smallest absolute Gasteiger partial charge is 0.309 e. The van der Waals surface area contributed by atoms with E-state index in [-0.39, 0.29) is 0 Å². The van der Waals surface area contributed by atoms with E-state index in [1.807, 2.05) is 0 Å². The largest absolute Gasteiger partial charge is 0.481 e. The first-order chi connectivity index (χ1) is 8.15. The topological polar surface area (TPSA) is 101 Å². The fourth-order valence-corrected chi connectivity index (χ4v) is 2.20. The third kappa shape index (κ3) is 1.97. The number of hydrogen-bond acceptors (Lipinski definition) is 5. The third-order valence-corrected chi connectivity index (χ3v) is 3.04. The highest BCUT2D eigenvalue weighted by atomic mass is 16.4. The van der Waals surface area contributed by atoms with Crippen LogP contribution < -0.4 is 0 Å². The van der Waals surface area contributed by atoms with Gasteiger partial charge in [-0.2, -0.15) is 0 Å². The van der Waals surface area contributed by atoms with Crippen LogP contribution in [0.25, 0.3) is 0 Å². The Morgan fingerprint density at radius 1 is 1.65 bits per heavy atom. The van der Waals surface area contributed by atoms with Crippen molar-refractivity contribution in [1.82, 2.24) is 19.8 Å². The summed E-state index contributed by atoms with van der Waals surface area (Å²) in [5, 5.41) is 20.9. The van der Waals surface area contributed by atoms with Crippen LogP contribution in [0.2, 0.25) is 0 Å². The van der Waals surface area contributed by atoms with Crippen LogP contribution in [0.15, 0.2) is 11.6 Å². The number of carbonyl (C=O) groups is 1. The molecule has 2 atom stereocenters. The Morgan fingerprint density at radius 3 is 2.94 bits per heavy atom. The molecule has 2 heterocycles. The summed E-state index contributed by atoms with van der Waals surface area (Å²) in [7, 11) is 1.71. The van der Waals surface area contributed by atoms with Crippen molar-refractivity contribution in [3.8, 4) is 0 Å². The van der Waals surface area contributed by atoms with Gasteiger partial charge in [0.2, 0.25) is 0 Å². The number of aromatic nitrogens is 3. The molecule has 0 amide bonds. The predicted molar refractivity (Wildman–Crippen MR) is 56.6 cm³/mol. The Bertz CT molecular complexity index is 432. The molecule has 1 aliphatic rings. The lowest BCUT2D eigenvalue weighted by Crippen LogP contribution is -2.40. The van der Waals surface area contributed by atoms with E-state index >= 15 is 0 Å². The maximum atomic E-state index is 11.2. The average Bonchev–Trinajstić information content (AvgIpc) is 2.74. The highest BCUT2D eigenvalue weighted by Crippen LogP contribution is 2.35. The maximum Gasteiger partial charge on any atom is 0.309 e. The van der Waals surface area contributed by atoms with Crippen molar-refractivity contribution >= 4 is 5.97 Å². The van der Waals surface area contributed by atoms with Gasteiger partial charge in [-0.1, -0.05) is 0 Å². The summed E-state index contributed by atoms with van der Waals surface area (Å²) in [6, 6.07) is -0.633. The van der Waals surface area contributed by atoms with Crippen molar-refractivity contribution in [3.05, 3.63) is 17.1 Å². The Morgan fingerprint density at radius 2 is 2.41 bits per heavy atom. The van der Waals surface area contributed by atoms with Gasteiger partial charge < -0.3 is 9.67 Å². The number of nitroso groups, excluding NO2 is 1. The highest BCUT2D eigenvalue weighted by molar-refractivity contribution is 5.71. The molecule has 8 nitrogen and oxygen atoms in total. The fraction of sp³-hybridized carbons (Fsp3) is 0.667. The SMILES string of the molecule is Cn1cnnc1C1C(C(=O)O)CCCN1N=O. The molecule has 2 unspecified atom stereocenters. The van der Waals surface area contributed by atoms with Crippen LogP contribution in [0, 0.1) is 10.8 Å². The third-order valence-electron chi connectivity index (χ3n) is 3.04. The minimum Gasteiger partial charge on any atom is -0.481 e. The lowest BCUT2D eigenvalue weighted by Gasteiger charge is -2.34. The zero-order chi connectivity index (χ0) is 12.4. The van der Waals surface area contributed by atoms with Gasteiger partial charge in [-0.05, 0) is 12.8 Å². The molecule has 0 bridgehead atoms. The summed E-state index contributed by atoms with van der Waals surface area (Å²) < 4.78 is 1.62. The van der Waals surface area contributed by atoms with Gasteiger partial charge in [0.25, 0.3) is 0 Å². The zero-order valence-electron chi connectivity index (χ0n) is 9.35. The van der Waals surface area contributed by atoms with Crippen molar-refractivity contribution in [3.63, 3.8) is 0 Å². The molecular weight excluding hydrogens is 226 g/mol. The first-order valence-corrected chi connectivity index (χ1v) is 5.31. The summed E-state index contributed by atoms with van der Waals surface area (Å²) in [6.45, 7) is 0.449. The van der Waals surface area contributed by atoms with Gasteiger partial charge in [0.1, 0.15) is 12.4 Å². The summed E-state index contributed by atoms with van der Waals surface area (Å²) in [5.41, 5.74) is 0. The monoisotopic (exact) mass is 239 g/mol. The van der Waals surface area contributed by atoms with Gasteiger partial charge in [0, 0.05) is 13.6 Å². The second-order valence-corrected chi connectivity index (χ2v) is 4.08. The predicted octanol–water partition coefficient (Wildman–Crippen LogP) is 0.334. The van der Waals surface area contributed by atoms with Crippen molar-refractivity contribution in [2.24, 2.45) is 18.3 Å². The van der Waals surface area contributed by atoms with E-state index in [4.69, 9.17) is 0 Å². The molecule has 1 N–H and O–H groups in total. The molecule has 0 spiro atoms. The minimum absolute atomic E-state index is 0.449. The van der Waals surface area contributed by atoms with Gasteiger partial charge >= 0.3 is 5.97 Å². The van der Waals surface area contributed by atoms with Crippen molar-refractivity contribution < 1.29 is 9.90 Å². The molecule has 1 aromatic rings. The Kier molecular flexibility index (Phi) is 3.03. The number of carboxylic acids is 1. The van der Waals surface area contributed by atoms with Crippen molar-refractivity contribution in [1.29, 1.82) is 0 Å². The number of nitrogens with zero attached hydrogens (tertiary/aromatic N) is 5. The average molecular weight is 239 g/mol. The van der Waals surface area contributed by atoms with Crippen LogP contribution in [0.3, 0.4) is 0 Å². The van der Waals surface area contributed by atoms with E-state index in [2.05, 4.69) is 15.5 Å². The molecule has 1 aromatic heterocycles. The molecule has 2 rings (SSSR count). The second kappa shape index (κ2) is 4.48. The Hall–Kier alpha value is -1.99. The molecule has 92 valence electrons. The highest BCUT2D eigenvalue weighted by Gasteiger charge is 2.40. The van der Waals surface area contributed by atoms with Crippen LogP contribution in [-0.2, 0) is 11.8 Å². The molecule has 0 aliphatic carbocycles. The van der Waals surface area contributed by atoms with Crippen LogP contribution in [0.4, 0.5) is 0 Å². The Balaban J connectivity index is 2.38. The quantitative estimate of drug-likeness (QED) is 0.763. The molecule has 1 saturated heterocycles. The van der Waals surface area contributed by atoms with Gasteiger partial charge in [-0.15, -0.1) is 15.1 Å². The number of aryl methyl sites for hydroxylation is 1. The van der Waals surface area contributed by atoms with Gasteiger partial charge in [-0.3, -0.25) is 4.79 Å². The van der Waals surface area contributed by atoms with Crippen LogP contribution in [0.5, 0.6) is 0 Å². The van der Waals surface area contributed by atoms with Gasteiger partial charge in [-0.25, -0.2) is 5.01 Å².